The first kappa shape index (κ1) is 10.8. The Morgan fingerprint density at radius 1 is 1.50 bits per heavy atom. The molecule has 0 saturated carbocycles. The molecule has 0 aromatic heterocycles. The van der Waals surface area contributed by atoms with Gasteiger partial charge in [0.2, 0.25) is 0 Å². The van der Waals surface area contributed by atoms with Gasteiger partial charge in [-0.05, 0) is 18.2 Å². The van der Waals surface area contributed by atoms with E-state index in [4.69, 9.17) is 10.8 Å². The van der Waals surface area contributed by atoms with Gasteiger partial charge < -0.3 is 20.8 Å². The van der Waals surface area contributed by atoms with Gasteiger partial charge in [-0.2, -0.15) is 0 Å². The Morgan fingerprint density at radius 3 is 2.75 bits per heavy atom. The van der Waals surface area contributed by atoms with E-state index in [0.717, 1.165) is 0 Å². The number of amides is 1. The van der Waals surface area contributed by atoms with Crippen LogP contribution in [0.4, 0.5) is 5.69 Å². The van der Waals surface area contributed by atoms with E-state index in [9.17, 15) is 9.90 Å². The summed E-state index contributed by atoms with van der Waals surface area (Å²) in [6, 6.07) is 4.46. The number of rotatable bonds is 2. The van der Waals surface area contributed by atoms with E-state index in [-0.39, 0.29) is 29.9 Å². The highest BCUT2D eigenvalue weighted by molar-refractivity contribution is 5.95. The van der Waals surface area contributed by atoms with E-state index in [0.29, 0.717) is 18.7 Å². The third kappa shape index (κ3) is 1.81. The fourth-order valence-electron chi connectivity index (χ4n) is 1.71. The SMILES string of the molecule is Nc1ccc(C(=O)N2CC(CO)C2)cc1O. The molecule has 0 unspecified atom stereocenters. The maximum atomic E-state index is 11.8. The lowest BCUT2D eigenvalue weighted by Crippen LogP contribution is -2.51. The maximum absolute atomic E-state index is 11.8. The predicted molar refractivity (Wildman–Crippen MR) is 59.0 cm³/mol. The number of anilines is 1. The van der Waals surface area contributed by atoms with Crippen molar-refractivity contribution < 1.29 is 15.0 Å². The van der Waals surface area contributed by atoms with Crippen LogP contribution in [0.15, 0.2) is 18.2 Å². The minimum atomic E-state index is -0.139. The smallest absolute Gasteiger partial charge is 0.254 e. The minimum Gasteiger partial charge on any atom is -0.506 e. The molecule has 0 spiro atoms. The lowest BCUT2D eigenvalue weighted by Gasteiger charge is -2.38. The third-order valence-electron chi connectivity index (χ3n) is 2.78. The molecule has 4 N–H and O–H groups in total. The Morgan fingerprint density at radius 2 is 2.19 bits per heavy atom. The molecule has 1 amide bonds. The average Bonchev–Trinajstić information content (AvgIpc) is 2.20. The first-order valence-electron chi connectivity index (χ1n) is 5.10. The normalized spacial score (nSPS) is 15.9. The first-order chi connectivity index (χ1) is 7.61. The number of aliphatic hydroxyl groups excluding tert-OH is 1. The van der Waals surface area contributed by atoms with E-state index in [2.05, 4.69) is 0 Å². The highest BCUT2D eigenvalue weighted by atomic mass is 16.3. The molecule has 0 radical (unpaired) electrons. The highest BCUT2D eigenvalue weighted by Gasteiger charge is 2.30. The minimum absolute atomic E-state index is 0.0786. The summed E-state index contributed by atoms with van der Waals surface area (Å²) in [6.07, 6.45) is 0. The standard InChI is InChI=1S/C11H14N2O3/c12-9-2-1-8(3-10(9)15)11(16)13-4-7(5-13)6-14/h1-3,7,14-15H,4-6,12H2. The molecule has 1 aliphatic heterocycles. The molecule has 86 valence electrons. The van der Waals surface area contributed by atoms with Gasteiger partial charge in [0.1, 0.15) is 5.75 Å². The molecule has 0 aliphatic carbocycles. The molecule has 16 heavy (non-hydrogen) atoms. The van der Waals surface area contributed by atoms with Crippen molar-refractivity contribution >= 4 is 11.6 Å². The topological polar surface area (TPSA) is 86.8 Å². The zero-order valence-electron chi connectivity index (χ0n) is 8.76. The van der Waals surface area contributed by atoms with E-state index in [1.54, 1.807) is 11.0 Å². The molecule has 5 heteroatoms. The molecular weight excluding hydrogens is 208 g/mol. The van der Waals surface area contributed by atoms with Crippen LogP contribution in [0.1, 0.15) is 10.4 Å². The van der Waals surface area contributed by atoms with Gasteiger partial charge >= 0.3 is 0 Å². The number of carbonyl (C=O) groups excluding carboxylic acids is 1. The van der Waals surface area contributed by atoms with Crippen molar-refractivity contribution in [3.8, 4) is 5.75 Å². The van der Waals surface area contributed by atoms with Crippen LogP contribution in [0.25, 0.3) is 0 Å². The summed E-state index contributed by atoms with van der Waals surface area (Å²) in [5.41, 5.74) is 6.12. The Labute approximate surface area is 93.1 Å². The van der Waals surface area contributed by atoms with Crippen molar-refractivity contribution in [2.24, 2.45) is 5.92 Å². The maximum Gasteiger partial charge on any atom is 0.254 e. The van der Waals surface area contributed by atoms with Crippen molar-refractivity contribution in [1.29, 1.82) is 0 Å². The Hall–Kier alpha value is -1.75. The van der Waals surface area contributed by atoms with Crippen LogP contribution in [0, 0.1) is 5.92 Å². The van der Waals surface area contributed by atoms with Crippen molar-refractivity contribution in [2.45, 2.75) is 0 Å². The molecule has 1 aromatic carbocycles. The average molecular weight is 222 g/mol. The third-order valence-corrected chi connectivity index (χ3v) is 2.78. The van der Waals surface area contributed by atoms with Gasteiger partial charge in [0.15, 0.2) is 0 Å². The van der Waals surface area contributed by atoms with Crippen molar-refractivity contribution in [1.82, 2.24) is 4.90 Å². The lowest BCUT2D eigenvalue weighted by atomic mass is 10.00. The van der Waals surface area contributed by atoms with Gasteiger partial charge in [0, 0.05) is 31.2 Å². The molecular formula is C11H14N2O3. The van der Waals surface area contributed by atoms with Gasteiger partial charge in [-0.1, -0.05) is 0 Å². The van der Waals surface area contributed by atoms with E-state index >= 15 is 0 Å². The number of aromatic hydroxyl groups is 1. The second-order valence-corrected chi connectivity index (χ2v) is 4.03. The molecule has 0 bridgehead atoms. The van der Waals surface area contributed by atoms with Crippen LogP contribution in [0.2, 0.25) is 0 Å². The summed E-state index contributed by atoms with van der Waals surface area (Å²) in [7, 11) is 0. The summed E-state index contributed by atoms with van der Waals surface area (Å²) < 4.78 is 0. The molecule has 1 saturated heterocycles. The summed E-state index contributed by atoms with van der Waals surface area (Å²) in [5.74, 6) is -0.0311. The Bertz CT molecular complexity index is 414. The largest absolute Gasteiger partial charge is 0.506 e. The van der Waals surface area contributed by atoms with Gasteiger partial charge in [-0.25, -0.2) is 0 Å². The molecule has 1 fully saturated rings. The van der Waals surface area contributed by atoms with Crippen molar-refractivity contribution in [2.75, 3.05) is 25.4 Å². The zero-order valence-corrected chi connectivity index (χ0v) is 8.76. The number of nitrogens with zero attached hydrogens (tertiary/aromatic N) is 1. The Kier molecular flexibility index (Phi) is 2.70. The van der Waals surface area contributed by atoms with Crippen LogP contribution < -0.4 is 5.73 Å². The fourth-order valence-corrected chi connectivity index (χ4v) is 1.71. The first-order valence-corrected chi connectivity index (χ1v) is 5.10. The number of hydrogen-bond donors (Lipinski definition) is 3. The van der Waals surface area contributed by atoms with Crippen LogP contribution in [-0.2, 0) is 0 Å². The van der Waals surface area contributed by atoms with Gasteiger partial charge in [-0.3, -0.25) is 4.79 Å². The summed E-state index contributed by atoms with van der Waals surface area (Å²) in [6.45, 7) is 1.25. The number of hydrogen-bond acceptors (Lipinski definition) is 4. The number of nitrogens with two attached hydrogens (primary N) is 1. The second-order valence-electron chi connectivity index (χ2n) is 4.03. The van der Waals surface area contributed by atoms with Crippen LogP contribution in [0.5, 0.6) is 5.75 Å². The number of carbonyl (C=O) groups is 1. The number of phenolic OH excluding ortho intramolecular Hbond substituents is 1. The number of nitrogen functional groups attached to an aromatic ring is 1. The van der Waals surface area contributed by atoms with Gasteiger partial charge in [0.25, 0.3) is 5.91 Å². The fraction of sp³-hybridized carbons (Fsp3) is 0.364. The monoisotopic (exact) mass is 222 g/mol. The number of benzene rings is 1. The molecule has 5 nitrogen and oxygen atoms in total. The highest BCUT2D eigenvalue weighted by Crippen LogP contribution is 2.24. The number of likely N-dealkylation sites (tertiary alicyclic amines) is 1. The summed E-state index contributed by atoms with van der Waals surface area (Å²) in [5, 5.41) is 18.2. The zero-order chi connectivity index (χ0) is 11.7. The molecule has 1 aromatic rings. The van der Waals surface area contributed by atoms with Crippen LogP contribution in [0.3, 0.4) is 0 Å². The quantitative estimate of drug-likeness (QED) is 0.487. The van der Waals surface area contributed by atoms with E-state index in [1.807, 2.05) is 0 Å². The predicted octanol–water partition coefficient (Wildman–Crippen LogP) is 0.0387. The second kappa shape index (κ2) is 4.02. The van der Waals surface area contributed by atoms with E-state index in [1.165, 1.54) is 12.1 Å². The van der Waals surface area contributed by atoms with Crippen molar-refractivity contribution in [3.63, 3.8) is 0 Å². The summed E-state index contributed by atoms with van der Waals surface area (Å²) >= 11 is 0. The van der Waals surface area contributed by atoms with Crippen LogP contribution in [-0.4, -0.2) is 40.7 Å². The number of aliphatic hydroxyl groups is 1. The van der Waals surface area contributed by atoms with Gasteiger partial charge in [-0.15, -0.1) is 0 Å². The van der Waals surface area contributed by atoms with Gasteiger partial charge in [0.05, 0.1) is 5.69 Å². The molecule has 2 rings (SSSR count). The Balaban J connectivity index is 2.07. The van der Waals surface area contributed by atoms with E-state index < -0.39 is 0 Å². The lowest BCUT2D eigenvalue weighted by molar-refractivity contribution is 0.0361. The summed E-state index contributed by atoms with van der Waals surface area (Å²) in [4.78, 5) is 13.5. The number of phenols is 1. The molecule has 1 aliphatic rings. The molecule has 0 atom stereocenters. The van der Waals surface area contributed by atoms with Crippen molar-refractivity contribution in [3.05, 3.63) is 23.8 Å². The molecule has 1 heterocycles. The van der Waals surface area contributed by atoms with Crippen LogP contribution >= 0.6 is 0 Å².